The highest BCUT2D eigenvalue weighted by Crippen LogP contribution is 2.38. The standard InChI is InChI=1S/C16H12N2O3S2/c1-8-13(16(19)20)23-15(18-8)12-5-10-3-9(7-21-2)4-11(6-17)14(10)22-12/h3-5H,7H2,1-2H3,(H,19,20). The number of nitrogens with zero attached hydrogens (tertiary/aromatic N) is 2. The fourth-order valence-corrected chi connectivity index (χ4v) is 4.41. The highest BCUT2D eigenvalue weighted by molar-refractivity contribution is 7.26. The van der Waals surface area contributed by atoms with Gasteiger partial charge in [0.05, 0.1) is 27.4 Å². The third-order valence-corrected chi connectivity index (χ3v) is 5.81. The predicted octanol–water partition coefficient (Wildman–Crippen LogP) is 4.05. The number of methoxy groups -OCH3 is 1. The molecular formula is C16H12N2O3S2. The highest BCUT2D eigenvalue weighted by atomic mass is 32.1. The topological polar surface area (TPSA) is 83.2 Å². The maximum absolute atomic E-state index is 11.2. The molecule has 0 amide bonds. The SMILES string of the molecule is COCc1cc(C#N)c2sc(-c3nc(C)c(C(=O)O)s3)cc2c1. The van der Waals surface area contributed by atoms with Crippen molar-refractivity contribution in [3.8, 4) is 16.0 Å². The number of carbonyl (C=O) groups is 1. The first-order valence-corrected chi connectivity index (χ1v) is 8.33. The molecule has 0 saturated heterocycles. The van der Waals surface area contributed by atoms with Crippen molar-refractivity contribution in [1.29, 1.82) is 5.26 Å². The van der Waals surface area contributed by atoms with Gasteiger partial charge in [0, 0.05) is 7.11 Å². The number of aromatic nitrogens is 1. The number of aryl methyl sites for hydroxylation is 1. The van der Waals surface area contributed by atoms with Gasteiger partial charge in [-0.3, -0.25) is 0 Å². The largest absolute Gasteiger partial charge is 0.477 e. The Morgan fingerprint density at radius 3 is 2.78 bits per heavy atom. The molecule has 1 aromatic carbocycles. The maximum atomic E-state index is 11.2. The van der Waals surface area contributed by atoms with Crippen molar-refractivity contribution >= 4 is 38.7 Å². The normalized spacial score (nSPS) is 10.8. The molecule has 0 aliphatic carbocycles. The predicted molar refractivity (Wildman–Crippen MR) is 90.1 cm³/mol. The molecule has 0 aliphatic heterocycles. The molecule has 0 saturated carbocycles. The molecule has 0 unspecified atom stereocenters. The lowest BCUT2D eigenvalue weighted by Gasteiger charge is -2.01. The molecule has 7 heteroatoms. The number of ether oxygens (including phenoxy) is 1. The van der Waals surface area contributed by atoms with E-state index in [9.17, 15) is 10.1 Å². The Morgan fingerprint density at radius 2 is 2.17 bits per heavy atom. The lowest BCUT2D eigenvalue weighted by atomic mass is 10.1. The number of hydrogen-bond acceptors (Lipinski definition) is 6. The van der Waals surface area contributed by atoms with Crippen molar-refractivity contribution in [3.05, 3.63) is 39.9 Å². The molecule has 0 atom stereocenters. The Labute approximate surface area is 140 Å². The Hall–Kier alpha value is -2.27. The molecule has 116 valence electrons. The summed E-state index contributed by atoms with van der Waals surface area (Å²) in [6, 6.07) is 7.97. The summed E-state index contributed by atoms with van der Waals surface area (Å²) in [4.78, 5) is 16.6. The summed E-state index contributed by atoms with van der Waals surface area (Å²) < 4.78 is 6.01. The number of hydrogen-bond donors (Lipinski definition) is 1. The second kappa shape index (κ2) is 6.08. The lowest BCUT2D eigenvalue weighted by molar-refractivity contribution is 0.0701. The van der Waals surface area contributed by atoms with Crippen molar-refractivity contribution in [2.24, 2.45) is 0 Å². The van der Waals surface area contributed by atoms with Crippen LogP contribution in [-0.2, 0) is 11.3 Å². The van der Waals surface area contributed by atoms with E-state index in [2.05, 4.69) is 11.1 Å². The Morgan fingerprint density at radius 1 is 1.39 bits per heavy atom. The van der Waals surface area contributed by atoms with Crippen molar-refractivity contribution < 1.29 is 14.6 Å². The zero-order valence-electron chi connectivity index (χ0n) is 12.4. The van der Waals surface area contributed by atoms with Crippen molar-refractivity contribution in [1.82, 2.24) is 4.98 Å². The van der Waals surface area contributed by atoms with E-state index in [0.29, 0.717) is 22.9 Å². The molecule has 2 aromatic heterocycles. The van der Waals surface area contributed by atoms with Gasteiger partial charge in [-0.15, -0.1) is 22.7 Å². The minimum atomic E-state index is -0.965. The monoisotopic (exact) mass is 344 g/mol. The zero-order chi connectivity index (χ0) is 16.6. The van der Waals surface area contributed by atoms with Crippen LogP contribution in [0.1, 0.15) is 26.5 Å². The molecule has 3 aromatic rings. The number of aromatic carboxylic acids is 1. The Bertz CT molecular complexity index is 950. The molecule has 23 heavy (non-hydrogen) atoms. The number of benzene rings is 1. The number of nitriles is 1. The van der Waals surface area contributed by atoms with Gasteiger partial charge in [0.25, 0.3) is 0 Å². The molecule has 1 N–H and O–H groups in total. The van der Waals surface area contributed by atoms with E-state index in [1.807, 2.05) is 18.2 Å². The molecule has 0 radical (unpaired) electrons. The molecule has 2 heterocycles. The highest BCUT2D eigenvalue weighted by Gasteiger charge is 2.17. The number of thiophene rings is 1. The van der Waals surface area contributed by atoms with Gasteiger partial charge in [-0.1, -0.05) is 0 Å². The fraction of sp³-hybridized carbons (Fsp3) is 0.188. The first-order valence-electron chi connectivity index (χ1n) is 6.70. The third kappa shape index (κ3) is 2.84. The Balaban J connectivity index is 2.15. The molecule has 0 fully saturated rings. The number of rotatable bonds is 4. The molecular weight excluding hydrogens is 332 g/mol. The third-order valence-electron chi connectivity index (χ3n) is 3.31. The Kier molecular flexibility index (Phi) is 4.13. The van der Waals surface area contributed by atoms with E-state index in [1.54, 1.807) is 14.0 Å². The van der Waals surface area contributed by atoms with Crippen LogP contribution in [0.3, 0.4) is 0 Å². The minimum absolute atomic E-state index is 0.248. The van der Waals surface area contributed by atoms with Gasteiger partial charge < -0.3 is 9.84 Å². The summed E-state index contributed by atoms with van der Waals surface area (Å²) in [6.45, 7) is 2.13. The fourth-order valence-electron chi connectivity index (χ4n) is 2.35. The smallest absolute Gasteiger partial charge is 0.347 e. The molecule has 0 aliphatic rings. The first kappa shape index (κ1) is 15.6. The first-order chi connectivity index (χ1) is 11.0. The van der Waals surface area contributed by atoms with Gasteiger partial charge in [-0.25, -0.2) is 9.78 Å². The van der Waals surface area contributed by atoms with E-state index in [4.69, 9.17) is 9.84 Å². The van der Waals surface area contributed by atoms with Gasteiger partial charge in [0.15, 0.2) is 0 Å². The molecule has 5 nitrogen and oxygen atoms in total. The van der Waals surface area contributed by atoms with Crippen LogP contribution >= 0.6 is 22.7 Å². The van der Waals surface area contributed by atoms with Crippen LogP contribution in [0.25, 0.3) is 20.0 Å². The summed E-state index contributed by atoms with van der Waals surface area (Å²) in [6.07, 6.45) is 0. The van der Waals surface area contributed by atoms with Crippen LogP contribution < -0.4 is 0 Å². The van der Waals surface area contributed by atoms with E-state index < -0.39 is 5.97 Å². The molecule has 3 rings (SSSR count). The van der Waals surface area contributed by atoms with E-state index >= 15 is 0 Å². The summed E-state index contributed by atoms with van der Waals surface area (Å²) >= 11 is 2.61. The van der Waals surface area contributed by atoms with Gasteiger partial charge in [0.2, 0.25) is 0 Å². The van der Waals surface area contributed by atoms with Crippen LogP contribution in [-0.4, -0.2) is 23.2 Å². The van der Waals surface area contributed by atoms with E-state index in [-0.39, 0.29) is 4.88 Å². The zero-order valence-corrected chi connectivity index (χ0v) is 14.0. The van der Waals surface area contributed by atoms with Gasteiger partial charge in [-0.2, -0.15) is 5.26 Å². The molecule has 0 bridgehead atoms. The second-order valence-corrected chi connectivity index (χ2v) is 7.01. The van der Waals surface area contributed by atoms with Crippen molar-refractivity contribution in [3.63, 3.8) is 0 Å². The lowest BCUT2D eigenvalue weighted by Crippen LogP contribution is -1.94. The summed E-state index contributed by atoms with van der Waals surface area (Å²) in [5.74, 6) is -0.965. The summed E-state index contributed by atoms with van der Waals surface area (Å²) in [5.41, 5.74) is 2.04. The van der Waals surface area contributed by atoms with E-state index in [0.717, 1.165) is 31.9 Å². The average Bonchev–Trinajstić information content (AvgIpc) is 3.10. The van der Waals surface area contributed by atoms with Gasteiger partial charge >= 0.3 is 5.97 Å². The minimum Gasteiger partial charge on any atom is -0.477 e. The second-order valence-electron chi connectivity index (χ2n) is 4.96. The van der Waals surface area contributed by atoms with Gasteiger partial charge in [-0.05, 0) is 36.1 Å². The van der Waals surface area contributed by atoms with Crippen LogP contribution in [0.2, 0.25) is 0 Å². The summed E-state index contributed by atoms with van der Waals surface area (Å²) in [7, 11) is 1.61. The average molecular weight is 344 g/mol. The van der Waals surface area contributed by atoms with Crippen LogP contribution in [0.4, 0.5) is 0 Å². The number of thiazole rings is 1. The van der Waals surface area contributed by atoms with E-state index in [1.165, 1.54) is 11.3 Å². The van der Waals surface area contributed by atoms with Crippen LogP contribution in [0, 0.1) is 18.3 Å². The van der Waals surface area contributed by atoms with Crippen molar-refractivity contribution in [2.75, 3.05) is 7.11 Å². The maximum Gasteiger partial charge on any atom is 0.347 e. The quantitative estimate of drug-likeness (QED) is 0.772. The number of carboxylic acids is 1. The van der Waals surface area contributed by atoms with Crippen LogP contribution in [0.5, 0.6) is 0 Å². The number of fused-ring (bicyclic) bond motifs is 1. The molecule has 0 spiro atoms. The van der Waals surface area contributed by atoms with Crippen molar-refractivity contribution in [2.45, 2.75) is 13.5 Å². The number of carboxylic acid groups (broad SMARTS) is 1. The van der Waals surface area contributed by atoms with Gasteiger partial charge in [0.1, 0.15) is 16.0 Å². The van der Waals surface area contributed by atoms with Crippen LogP contribution in [0.15, 0.2) is 18.2 Å². The summed E-state index contributed by atoms with van der Waals surface area (Å²) in [5, 5.41) is 20.1.